The van der Waals surface area contributed by atoms with Crippen LogP contribution in [-0.2, 0) is 6.42 Å². The van der Waals surface area contributed by atoms with Crippen LogP contribution in [0.2, 0.25) is 0 Å². The smallest absolute Gasteiger partial charge is 0.0700 e. The lowest BCUT2D eigenvalue weighted by molar-refractivity contribution is 0.957. The Hall–Kier alpha value is -1.72. The molecule has 0 bridgehead atoms. The summed E-state index contributed by atoms with van der Waals surface area (Å²) >= 11 is 1.83. The van der Waals surface area contributed by atoms with Gasteiger partial charge < -0.3 is 0 Å². The van der Waals surface area contributed by atoms with Crippen LogP contribution in [0.5, 0.6) is 0 Å². The third kappa shape index (κ3) is 1.91. The Morgan fingerprint density at radius 2 is 1.89 bits per heavy atom. The Bertz CT molecular complexity index is 640. The second-order valence-corrected chi connectivity index (χ2v) is 5.69. The van der Waals surface area contributed by atoms with Crippen LogP contribution in [0.4, 0.5) is 0 Å². The van der Waals surface area contributed by atoms with Gasteiger partial charge in [-0.15, -0.1) is 0 Å². The molecule has 0 aromatic heterocycles. The molecular weight excluding hydrogens is 238 g/mol. The van der Waals surface area contributed by atoms with E-state index in [0.717, 1.165) is 12.0 Å². The molecule has 1 aliphatic heterocycles. The molecule has 2 heteroatoms. The molecular formula is C16H13NS. The molecule has 1 atom stereocenters. The average molecular weight is 251 g/mol. The SMILES string of the molecule is CC(C#N)c1ccc2c(c1)Cc1ccccc1S2. The van der Waals surface area contributed by atoms with Crippen LogP contribution in [0, 0.1) is 11.3 Å². The Morgan fingerprint density at radius 3 is 2.72 bits per heavy atom. The predicted molar refractivity (Wildman–Crippen MR) is 73.8 cm³/mol. The lowest BCUT2D eigenvalue weighted by Crippen LogP contribution is -2.01. The molecule has 1 unspecified atom stereocenters. The van der Waals surface area contributed by atoms with Gasteiger partial charge >= 0.3 is 0 Å². The minimum Gasteiger partial charge on any atom is -0.198 e. The minimum atomic E-state index is -0.0301. The van der Waals surface area contributed by atoms with Crippen LogP contribution >= 0.6 is 11.8 Å². The van der Waals surface area contributed by atoms with E-state index in [9.17, 15) is 0 Å². The zero-order valence-corrected chi connectivity index (χ0v) is 11.0. The van der Waals surface area contributed by atoms with Crippen LogP contribution in [-0.4, -0.2) is 0 Å². The van der Waals surface area contributed by atoms with Crippen LogP contribution < -0.4 is 0 Å². The summed E-state index contributed by atoms with van der Waals surface area (Å²) in [5.41, 5.74) is 3.85. The Balaban J connectivity index is 2.01. The highest BCUT2D eigenvalue weighted by atomic mass is 32.2. The van der Waals surface area contributed by atoms with Gasteiger partial charge in [0, 0.05) is 9.79 Å². The van der Waals surface area contributed by atoms with Gasteiger partial charge in [-0.3, -0.25) is 0 Å². The topological polar surface area (TPSA) is 23.8 Å². The van der Waals surface area contributed by atoms with E-state index in [4.69, 9.17) is 5.26 Å². The van der Waals surface area contributed by atoms with Crippen molar-refractivity contribution in [1.29, 1.82) is 5.26 Å². The maximum Gasteiger partial charge on any atom is 0.0700 e. The molecule has 0 aliphatic carbocycles. The normalized spacial score (nSPS) is 14.2. The summed E-state index contributed by atoms with van der Waals surface area (Å²) in [5, 5.41) is 8.99. The van der Waals surface area contributed by atoms with Crippen LogP contribution in [0.3, 0.4) is 0 Å². The molecule has 1 heterocycles. The molecule has 3 rings (SSSR count). The highest BCUT2D eigenvalue weighted by Crippen LogP contribution is 2.40. The van der Waals surface area contributed by atoms with Gasteiger partial charge in [-0.1, -0.05) is 42.1 Å². The van der Waals surface area contributed by atoms with Crippen molar-refractivity contribution in [2.75, 3.05) is 0 Å². The molecule has 0 radical (unpaired) electrons. The van der Waals surface area contributed by atoms with Crippen molar-refractivity contribution >= 4 is 11.8 Å². The molecule has 0 saturated heterocycles. The second-order valence-electron chi connectivity index (χ2n) is 4.60. The van der Waals surface area contributed by atoms with Crippen molar-refractivity contribution in [2.45, 2.75) is 29.1 Å². The fourth-order valence-electron chi connectivity index (χ4n) is 2.25. The molecule has 88 valence electrons. The van der Waals surface area contributed by atoms with Gasteiger partial charge in [0.1, 0.15) is 0 Å². The zero-order chi connectivity index (χ0) is 12.5. The van der Waals surface area contributed by atoms with Crippen molar-refractivity contribution in [3.05, 3.63) is 59.2 Å². The van der Waals surface area contributed by atoms with Crippen molar-refractivity contribution in [2.24, 2.45) is 0 Å². The molecule has 0 saturated carbocycles. The van der Waals surface area contributed by atoms with Crippen LogP contribution in [0.15, 0.2) is 52.3 Å². The van der Waals surface area contributed by atoms with E-state index in [1.165, 1.54) is 20.9 Å². The first-order valence-corrected chi connectivity index (χ1v) is 6.88. The van der Waals surface area contributed by atoms with Crippen LogP contribution in [0.1, 0.15) is 29.5 Å². The second kappa shape index (κ2) is 4.51. The quantitative estimate of drug-likeness (QED) is 0.641. The lowest BCUT2D eigenvalue weighted by atomic mass is 9.97. The predicted octanol–water partition coefficient (Wildman–Crippen LogP) is 4.37. The minimum absolute atomic E-state index is 0.0301. The summed E-state index contributed by atoms with van der Waals surface area (Å²) in [6.07, 6.45) is 0.977. The zero-order valence-electron chi connectivity index (χ0n) is 10.2. The third-order valence-electron chi connectivity index (χ3n) is 3.35. The molecule has 0 spiro atoms. The summed E-state index contributed by atoms with van der Waals surface area (Å²) in [6.45, 7) is 1.95. The molecule has 0 N–H and O–H groups in total. The fourth-order valence-corrected chi connectivity index (χ4v) is 3.31. The van der Waals surface area contributed by atoms with Crippen LogP contribution in [0.25, 0.3) is 0 Å². The van der Waals surface area contributed by atoms with E-state index in [2.05, 4.69) is 48.5 Å². The van der Waals surface area contributed by atoms with E-state index in [0.29, 0.717) is 0 Å². The number of hydrogen-bond donors (Lipinski definition) is 0. The maximum absolute atomic E-state index is 8.99. The average Bonchev–Trinajstić information content (AvgIpc) is 2.43. The van der Waals surface area contributed by atoms with E-state index in [1.54, 1.807) is 0 Å². The van der Waals surface area contributed by atoms with Gasteiger partial charge in [-0.05, 0) is 42.2 Å². The monoisotopic (exact) mass is 251 g/mol. The fraction of sp³-hybridized carbons (Fsp3) is 0.188. The van der Waals surface area contributed by atoms with Gasteiger partial charge in [0.2, 0.25) is 0 Å². The van der Waals surface area contributed by atoms with Gasteiger partial charge in [-0.25, -0.2) is 0 Å². The molecule has 0 amide bonds. The molecule has 0 fully saturated rings. The summed E-state index contributed by atoms with van der Waals surface area (Å²) in [7, 11) is 0. The molecule has 18 heavy (non-hydrogen) atoms. The summed E-state index contributed by atoms with van der Waals surface area (Å²) in [6, 6.07) is 17.3. The molecule has 1 nitrogen and oxygen atoms in total. The first kappa shape index (κ1) is 11.4. The number of nitrogens with zero attached hydrogens (tertiary/aromatic N) is 1. The molecule has 2 aromatic rings. The van der Waals surface area contributed by atoms with E-state index >= 15 is 0 Å². The van der Waals surface area contributed by atoms with Gasteiger partial charge in [-0.2, -0.15) is 5.26 Å². The Labute approximate surface area is 111 Å². The van der Waals surface area contributed by atoms with Crippen molar-refractivity contribution in [3.63, 3.8) is 0 Å². The third-order valence-corrected chi connectivity index (χ3v) is 4.59. The summed E-state index contributed by atoms with van der Waals surface area (Å²) in [5.74, 6) is -0.0301. The maximum atomic E-state index is 8.99. The summed E-state index contributed by atoms with van der Waals surface area (Å²) in [4.78, 5) is 2.67. The Morgan fingerprint density at radius 1 is 1.11 bits per heavy atom. The molecule has 2 aromatic carbocycles. The number of benzene rings is 2. The first-order valence-electron chi connectivity index (χ1n) is 6.06. The number of hydrogen-bond acceptors (Lipinski definition) is 2. The van der Waals surface area contributed by atoms with E-state index in [1.807, 2.05) is 18.7 Å². The highest BCUT2D eigenvalue weighted by Gasteiger charge is 2.16. The highest BCUT2D eigenvalue weighted by molar-refractivity contribution is 7.99. The number of nitriles is 1. The van der Waals surface area contributed by atoms with Gasteiger partial charge in [0.15, 0.2) is 0 Å². The molecule has 1 aliphatic rings. The number of fused-ring (bicyclic) bond motifs is 2. The Kier molecular flexibility index (Phi) is 2.85. The van der Waals surface area contributed by atoms with E-state index in [-0.39, 0.29) is 5.92 Å². The first-order chi connectivity index (χ1) is 8.78. The lowest BCUT2D eigenvalue weighted by Gasteiger charge is -2.19. The largest absolute Gasteiger partial charge is 0.198 e. The van der Waals surface area contributed by atoms with Crippen molar-refractivity contribution < 1.29 is 0 Å². The van der Waals surface area contributed by atoms with Crippen molar-refractivity contribution in [3.8, 4) is 6.07 Å². The van der Waals surface area contributed by atoms with Gasteiger partial charge in [0.25, 0.3) is 0 Å². The van der Waals surface area contributed by atoms with E-state index < -0.39 is 0 Å². The number of rotatable bonds is 1. The van der Waals surface area contributed by atoms with Gasteiger partial charge in [0.05, 0.1) is 12.0 Å². The summed E-state index contributed by atoms with van der Waals surface area (Å²) < 4.78 is 0. The standard InChI is InChI=1S/C16H13NS/c1-11(10-17)12-6-7-16-14(8-12)9-13-4-2-3-5-15(13)18-16/h2-8,11H,9H2,1H3. The van der Waals surface area contributed by atoms with Crippen molar-refractivity contribution in [1.82, 2.24) is 0 Å².